The summed E-state index contributed by atoms with van der Waals surface area (Å²) < 4.78 is 51.2. The van der Waals surface area contributed by atoms with Gasteiger partial charge in [0.05, 0.1) is 18.0 Å². The van der Waals surface area contributed by atoms with E-state index in [2.05, 4.69) is 0 Å². The van der Waals surface area contributed by atoms with Crippen molar-refractivity contribution in [3.63, 3.8) is 0 Å². The average molecular weight is 296 g/mol. The van der Waals surface area contributed by atoms with Gasteiger partial charge in [-0.25, -0.2) is 21.9 Å². The number of hydrogen-bond donors (Lipinski definition) is 2. The van der Waals surface area contributed by atoms with Gasteiger partial charge in [0.15, 0.2) is 0 Å². The molecule has 4 nitrogen and oxygen atoms in total. The molecule has 0 spiro atoms. The molecule has 1 rings (SSSR count). The highest BCUT2D eigenvalue weighted by molar-refractivity contribution is 7.98. The Morgan fingerprint density at radius 3 is 2.67 bits per heavy atom. The summed E-state index contributed by atoms with van der Waals surface area (Å²) in [6, 6.07) is 6.07. The molecule has 1 aromatic rings. The van der Waals surface area contributed by atoms with Crippen LogP contribution in [0.15, 0.2) is 34.1 Å². The lowest BCUT2D eigenvalue weighted by Crippen LogP contribution is -2.41. The first-order valence-corrected chi connectivity index (χ1v) is 7.73. The van der Waals surface area contributed by atoms with Crippen LogP contribution in [0.25, 0.3) is 0 Å². The topological polar surface area (TPSA) is 72.2 Å². The zero-order valence-electron chi connectivity index (χ0n) is 9.69. The van der Waals surface area contributed by atoms with E-state index in [1.165, 1.54) is 23.9 Å². The van der Waals surface area contributed by atoms with Crippen molar-refractivity contribution in [3.8, 4) is 0 Å². The van der Waals surface area contributed by atoms with Crippen molar-refractivity contribution in [2.24, 2.45) is 5.73 Å². The summed E-state index contributed by atoms with van der Waals surface area (Å²) in [5.41, 5.74) is 4.83. The van der Waals surface area contributed by atoms with Crippen molar-refractivity contribution >= 4 is 21.8 Å². The predicted molar refractivity (Wildman–Crippen MR) is 67.4 cm³/mol. The fraction of sp³-hybridized carbons (Fsp3) is 0.400. The Balaban J connectivity index is 2.86. The van der Waals surface area contributed by atoms with E-state index in [9.17, 15) is 17.2 Å². The van der Waals surface area contributed by atoms with Crippen molar-refractivity contribution in [1.29, 1.82) is 0 Å². The van der Waals surface area contributed by atoms with Crippen LogP contribution < -0.4 is 10.5 Å². The molecule has 18 heavy (non-hydrogen) atoms. The van der Waals surface area contributed by atoms with Crippen LogP contribution in [0.5, 0.6) is 0 Å². The first kappa shape index (κ1) is 15.4. The molecule has 0 unspecified atom stereocenters. The van der Waals surface area contributed by atoms with Gasteiger partial charge in [0.25, 0.3) is 5.92 Å². The third kappa shape index (κ3) is 4.20. The van der Waals surface area contributed by atoms with Gasteiger partial charge in [-0.15, -0.1) is 11.8 Å². The molecule has 0 fully saturated rings. The maximum atomic E-state index is 12.9. The van der Waals surface area contributed by atoms with Crippen molar-refractivity contribution in [1.82, 2.24) is 4.72 Å². The fourth-order valence-corrected chi connectivity index (χ4v) is 2.77. The summed E-state index contributed by atoms with van der Waals surface area (Å²) in [6.07, 6.45) is 1.79. The van der Waals surface area contributed by atoms with Crippen LogP contribution >= 0.6 is 11.8 Å². The van der Waals surface area contributed by atoms with Gasteiger partial charge in [0.1, 0.15) is 0 Å². The molecule has 0 saturated heterocycles. The summed E-state index contributed by atoms with van der Waals surface area (Å²) in [7, 11) is -3.94. The minimum Gasteiger partial charge on any atom is -0.325 e. The smallest absolute Gasteiger partial charge is 0.273 e. The second kappa shape index (κ2) is 5.96. The Hall–Kier alpha value is -0.700. The molecule has 0 aliphatic carbocycles. The molecule has 3 N–H and O–H groups in total. The largest absolute Gasteiger partial charge is 0.325 e. The monoisotopic (exact) mass is 296 g/mol. The maximum absolute atomic E-state index is 12.9. The molecule has 0 aliphatic heterocycles. The van der Waals surface area contributed by atoms with E-state index in [1.54, 1.807) is 18.4 Å². The number of halogens is 2. The molecule has 8 heteroatoms. The van der Waals surface area contributed by atoms with E-state index in [4.69, 9.17) is 5.73 Å². The minimum atomic E-state index is -3.94. The zero-order valence-corrected chi connectivity index (χ0v) is 11.3. The average Bonchev–Trinajstić information content (AvgIpc) is 2.37. The van der Waals surface area contributed by atoms with Crippen molar-refractivity contribution < 1.29 is 17.2 Å². The van der Waals surface area contributed by atoms with Gasteiger partial charge < -0.3 is 5.73 Å². The van der Waals surface area contributed by atoms with Gasteiger partial charge in [0, 0.05) is 4.90 Å². The Bertz CT molecular complexity index is 506. The molecule has 0 radical (unpaired) electrons. The summed E-state index contributed by atoms with van der Waals surface area (Å²) in [5, 5.41) is 0. The number of thioether (sulfide) groups is 1. The van der Waals surface area contributed by atoms with Crippen molar-refractivity contribution in [2.45, 2.75) is 15.7 Å². The Morgan fingerprint density at radius 2 is 2.11 bits per heavy atom. The van der Waals surface area contributed by atoms with E-state index in [1.807, 2.05) is 4.72 Å². The lowest BCUT2D eigenvalue weighted by Gasteiger charge is -2.14. The normalized spacial score (nSPS) is 12.7. The van der Waals surface area contributed by atoms with Gasteiger partial charge in [0.2, 0.25) is 10.0 Å². The standard InChI is InChI=1S/C10H14F2N2O2S2/c1-17-8-3-2-4-9(5-8)18(15,16)14-7-10(11,12)6-13/h2-5,14H,6-7,13H2,1H3. The first-order valence-electron chi connectivity index (χ1n) is 5.02. The van der Waals surface area contributed by atoms with E-state index in [0.29, 0.717) is 0 Å². The van der Waals surface area contributed by atoms with E-state index >= 15 is 0 Å². The highest BCUT2D eigenvalue weighted by Gasteiger charge is 2.29. The van der Waals surface area contributed by atoms with Crippen LogP contribution in [-0.4, -0.2) is 33.7 Å². The number of benzene rings is 1. The van der Waals surface area contributed by atoms with Gasteiger partial charge >= 0.3 is 0 Å². The summed E-state index contributed by atoms with van der Waals surface area (Å²) in [5.74, 6) is -3.25. The lowest BCUT2D eigenvalue weighted by molar-refractivity contribution is 0.0170. The van der Waals surface area contributed by atoms with Crippen LogP contribution in [0.4, 0.5) is 8.78 Å². The summed E-state index contributed by atoms with van der Waals surface area (Å²) in [4.78, 5) is 0.700. The molecule has 0 aromatic heterocycles. The molecule has 0 amide bonds. The molecule has 0 aliphatic rings. The quantitative estimate of drug-likeness (QED) is 0.776. The SMILES string of the molecule is CSc1cccc(S(=O)(=O)NCC(F)(F)CN)c1. The summed E-state index contributed by atoms with van der Waals surface area (Å²) >= 11 is 1.37. The highest BCUT2D eigenvalue weighted by atomic mass is 32.2. The van der Waals surface area contributed by atoms with Gasteiger partial charge in [-0.1, -0.05) is 6.07 Å². The minimum absolute atomic E-state index is 0.0397. The van der Waals surface area contributed by atoms with E-state index in [0.717, 1.165) is 4.90 Å². The maximum Gasteiger partial charge on any atom is 0.273 e. The zero-order chi connectivity index (χ0) is 13.8. The molecule has 0 bridgehead atoms. The lowest BCUT2D eigenvalue weighted by atomic mass is 10.3. The van der Waals surface area contributed by atoms with Crippen LogP contribution in [0.2, 0.25) is 0 Å². The molecule has 0 saturated carbocycles. The van der Waals surface area contributed by atoms with Crippen molar-refractivity contribution in [2.75, 3.05) is 19.3 Å². The van der Waals surface area contributed by atoms with Crippen LogP contribution in [0, 0.1) is 0 Å². The molecule has 0 heterocycles. The Labute approximate surface area is 109 Å². The number of rotatable bonds is 6. The number of nitrogens with two attached hydrogens (primary N) is 1. The van der Waals surface area contributed by atoms with Gasteiger partial charge in [-0.3, -0.25) is 0 Å². The number of sulfonamides is 1. The molecular weight excluding hydrogens is 282 g/mol. The third-order valence-corrected chi connectivity index (χ3v) is 4.30. The number of alkyl halides is 2. The molecule has 0 atom stereocenters. The first-order chi connectivity index (χ1) is 8.30. The Kier molecular flexibility index (Phi) is 5.09. The second-order valence-electron chi connectivity index (χ2n) is 3.56. The third-order valence-electron chi connectivity index (χ3n) is 2.17. The molecule has 102 valence electrons. The second-order valence-corrected chi connectivity index (χ2v) is 6.21. The van der Waals surface area contributed by atoms with E-state index in [-0.39, 0.29) is 4.90 Å². The van der Waals surface area contributed by atoms with Crippen LogP contribution in [0.1, 0.15) is 0 Å². The highest BCUT2D eigenvalue weighted by Crippen LogP contribution is 2.19. The van der Waals surface area contributed by atoms with Crippen LogP contribution in [0.3, 0.4) is 0 Å². The molecular formula is C10H14F2N2O2S2. The van der Waals surface area contributed by atoms with Crippen LogP contribution in [-0.2, 0) is 10.0 Å². The summed E-state index contributed by atoms with van der Waals surface area (Å²) in [6.45, 7) is -1.91. The van der Waals surface area contributed by atoms with Crippen molar-refractivity contribution in [3.05, 3.63) is 24.3 Å². The fourth-order valence-electron chi connectivity index (χ4n) is 1.12. The molecule has 1 aromatic carbocycles. The Morgan fingerprint density at radius 1 is 1.44 bits per heavy atom. The number of hydrogen-bond acceptors (Lipinski definition) is 4. The van der Waals surface area contributed by atoms with Gasteiger partial charge in [-0.05, 0) is 24.5 Å². The predicted octanol–water partition coefficient (Wildman–Crippen LogP) is 1.28. The van der Waals surface area contributed by atoms with E-state index < -0.39 is 29.0 Å². The van der Waals surface area contributed by atoms with Gasteiger partial charge in [-0.2, -0.15) is 0 Å². The number of nitrogens with one attached hydrogen (secondary N) is 1.